The Bertz CT molecular complexity index is 2690. The van der Waals surface area contributed by atoms with Crippen molar-refractivity contribution in [3.05, 3.63) is 83.9 Å². The van der Waals surface area contributed by atoms with Crippen molar-refractivity contribution in [2.45, 2.75) is 115 Å². The maximum atomic E-state index is 13.4. The SMILES string of the molecule is CC(C)C[C@H](NC(=O)[C@@H]1O[C@@]1(CCN1C(=O)CCC1=O)C(=O)O)C(=O)N1CCN(CC=Cc2ccccc2)CC1.CC(C)C[C@H](NC(=O)[C@@H]1O[C@@]1(CCN1C(=O)CCC1=O)C(=O)O)C(=O)N1CCN(CC=Cc2ccccc2)CC1.O=S(=O)(O)O. The van der Waals surface area contributed by atoms with Crippen LogP contribution in [-0.2, 0) is 67.8 Å². The molecule has 6 saturated heterocycles. The largest absolute Gasteiger partial charge is 0.479 e. The number of carbonyl (C=O) groups excluding carboxylic acids is 8. The maximum Gasteiger partial charge on any atom is 0.394 e. The Morgan fingerprint density at radius 3 is 1.14 bits per heavy atom. The number of carboxylic acid groups (broad SMARTS) is 2. The summed E-state index contributed by atoms with van der Waals surface area (Å²) < 4.78 is 42.3. The zero-order valence-electron chi connectivity index (χ0n) is 48.3. The zero-order valence-corrected chi connectivity index (χ0v) is 49.1. The van der Waals surface area contributed by atoms with E-state index in [1.54, 1.807) is 9.80 Å². The van der Waals surface area contributed by atoms with E-state index in [4.69, 9.17) is 27.0 Å². The molecule has 6 heterocycles. The van der Waals surface area contributed by atoms with Gasteiger partial charge in [0.1, 0.15) is 12.1 Å². The zero-order chi connectivity index (χ0) is 62.2. The number of imide groups is 2. The Morgan fingerprint density at radius 2 is 0.859 bits per heavy atom. The molecule has 0 aliphatic carbocycles. The highest BCUT2D eigenvalue weighted by Crippen LogP contribution is 2.42. The molecule has 0 spiro atoms. The van der Waals surface area contributed by atoms with Crippen LogP contribution in [0.2, 0.25) is 0 Å². The minimum absolute atomic E-state index is 0.0985. The molecule has 6 aliphatic heterocycles. The first-order chi connectivity index (χ1) is 40.2. The summed E-state index contributed by atoms with van der Waals surface area (Å²) in [4.78, 5) is 135. The summed E-state index contributed by atoms with van der Waals surface area (Å²) in [5.74, 6) is -5.64. The quantitative estimate of drug-likeness (QED) is 0.0494. The first-order valence-electron chi connectivity index (χ1n) is 28.5. The van der Waals surface area contributed by atoms with Crippen LogP contribution in [0, 0.1) is 11.8 Å². The molecule has 27 heteroatoms. The van der Waals surface area contributed by atoms with Crippen molar-refractivity contribution in [2.24, 2.45) is 11.8 Å². The van der Waals surface area contributed by atoms with E-state index in [1.807, 2.05) is 88.4 Å². The molecule has 6 N–H and O–H groups in total. The van der Waals surface area contributed by atoms with Crippen molar-refractivity contribution in [1.82, 2.24) is 40.0 Å². The second kappa shape index (κ2) is 30.2. The highest BCUT2D eigenvalue weighted by molar-refractivity contribution is 7.79. The topological polar surface area (TPSA) is 354 Å². The Balaban J connectivity index is 0.000000252. The highest BCUT2D eigenvalue weighted by atomic mass is 32.3. The molecule has 6 fully saturated rings. The maximum absolute atomic E-state index is 13.4. The van der Waals surface area contributed by atoms with Gasteiger partial charge in [-0.1, -0.05) is 113 Å². The van der Waals surface area contributed by atoms with Gasteiger partial charge >= 0.3 is 22.3 Å². The molecule has 6 atom stereocenters. The monoisotopic (exact) mass is 1210 g/mol. The first kappa shape index (κ1) is 66.9. The molecule has 8 rings (SSSR count). The van der Waals surface area contributed by atoms with Crippen LogP contribution < -0.4 is 10.6 Å². The average molecular weight is 1210 g/mol. The number of rotatable bonds is 24. The number of nitrogens with one attached hydrogen (secondary N) is 2. The number of piperazine rings is 2. The van der Waals surface area contributed by atoms with Crippen molar-refractivity contribution in [3.8, 4) is 0 Å². The van der Waals surface area contributed by atoms with Gasteiger partial charge in [-0.05, 0) is 35.8 Å². The molecule has 0 saturated carbocycles. The van der Waals surface area contributed by atoms with E-state index in [1.165, 1.54) is 0 Å². The fraction of sp³-hybridized carbons (Fsp3) is 0.552. The molecule has 0 aromatic heterocycles. The minimum Gasteiger partial charge on any atom is -0.479 e. The van der Waals surface area contributed by atoms with Crippen molar-refractivity contribution in [3.63, 3.8) is 0 Å². The molecule has 0 unspecified atom stereocenters. The predicted octanol–water partition coefficient (Wildman–Crippen LogP) is 1.62. The Morgan fingerprint density at radius 1 is 0.553 bits per heavy atom. The van der Waals surface area contributed by atoms with Crippen LogP contribution in [0.4, 0.5) is 0 Å². The molecule has 0 bridgehead atoms. The lowest BCUT2D eigenvalue weighted by Crippen LogP contribution is -2.56. The smallest absolute Gasteiger partial charge is 0.394 e. The van der Waals surface area contributed by atoms with E-state index in [2.05, 4.69) is 44.7 Å². The van der Waals surface area contributed by atoms with E-state index in [0.717, 1.165) is 34.0 Å². The summed E-state index contributed by atoms with van der Waals surface area (Å²) in [5, 5.41) is 25.1. The Labute approximate surface area is 494 Å². The summed E-state index contributed by atoms with van der Waals surface area (Å²) >= 11 is 0. The van der Waals surface area contributed by atoms with Crippen LogP contribution in [-0.4, -0.2) is 230 Å². The van der Waals surface area contributed by atoms with Gasteiger partial charge in [0.05, 0.1) is 0 Å². The van der Waals surface area contributed by atoms with Gasteiger partial charge in [-0.2, -0.15) is 8.42 Å². The lowest BCUT2D eigenvalue weighted by Gasteiger charge is -2.36. The number of carboxylic acids is 2. The van der Waals surface area contributed by atoms with Crippen LogP contribution in [0.3, 0.4) is 0 Å². The van der Waals surface area contributed by atoms with Gasteiger partial charge in [0.25, 0.3) is 11.8 Å². The van der Waals surface area contributed by atoms with E-state index in [9.17, 15) is 58.2 Å². The van der Waals surface area contributed by atoms with Crippen molar-refractivity contribution in [1.29, 1.82) is 0 Å². The second-order valence-corrected chi connectivity index (χ2v) is 23.4. The fourth-order valence-corrected chi connectivity index (χ4v) is 10.5. The Kier molecular flexibility index (Phi) is 23.7. The summed E-state index contributed by atoms with van der Waals surface area (Å²) in [6.45, 7) is 14.0. The van der Waals surface area contributed by atoms with Crippen LogP contribution in [0.5, 0.6) is 0 Å². The molecule has 0 radical (unpaired) electrons. The number of hydrogen-bond donors (Lipinski definition) is 6. The number of nitrogens with zero attached hydrogens (tertiary/aromatic N) is 6. The number of likely N-dealkylation sites (tertiary alicyclic amines) is 2. The number of ether oxygens (including phenoxy) is 2. The molecule has 2 aromatic carbocycles. The third-order valence-electron chi connectivity index (χ3n) is 15.3. The number of epoxide rings is 2. The van der Waals surface area contributed by atoms with Gasteiger partial charge in [0.15, 0.2) is 12.2 Å². The summed E-state index contributed by atoms with van der Waals surface area (Å²) in [6.07, 6.45) is 6.56. The lowest BCUT2D eigenvalue weighted by molar-refractivity contribution is -0.146. The van der Waals surface area contributed by atoms with E-state index in [-0.39, 0.29) is 98.9 Å². The predicted molar refractivity (Wildman–Crippen MR) is 306 cm³/mol. The van der Waals surface area contributed by atoms with E-state index >= 15 is 0 Å². The van der Waals surface area contributed by atoms with Gasteiger partial charge in [0.2, 0.25) is 46.6 Å². The van der Waals surface area contributed by atoms with Crippen LogP contribution in [0.15, 0.2) is 72.8 Å². The molecule has 6 aliphatic rings. The molecule has 85 heavy (non-hydrogen) atoms. The molecular formula is C58H78N8O18S. The molecule has 2 aromatic rings. The van der Waals surface area contributed by atoms with Crippen molar-refractivity contribution >= 4 is 81.7 Å². The second-order valence-electron chi connectivity index (χ2n) is 22.5. The lowest BCUT2D eigenvalue weighted by atomic mass is 9.98. The molecule has 26 nitrogen and oxygen atoms in total. The van der Waals surface area contributed by atoms with Gasteiger partial charge in [0, 0.05) is 117 Å². The van der Waals surface area contributed by atoms with Crippen LogP contribution in [0.1, 0.15) is 90.2 Å². The number of benzene rings is 2. The normalized spacial score (nSPS) is 23.4. The number of aliphatic carboxylic acids is 2. The van der Waals surface area contributed by atoms with E-state index < -0.39 is 69.6 Å². The average Bonchev–Trinajstić information content (AvgIpc) is 1.65. The third-order valence-corrected chi connectivity index (χ3v) is 15.3. The molecule has 8 amide bonds. The van der Waals surface area contributed by atoms with Gasteiger partial charge in [-0.25, -0.2) is 9.59 Å². The van der Waals surface area contributed by atoms with Crippen molar-refractivity contribution in [2.75, 3.05) is 78.5 Å². The van der Waals surface area contributed by atoms with Crippen LogP contribution >= 0.6 is 0 Å². The summed E-state index contributed by atoms with van der Waals surface area (Å²) in [5.41, 5.74) is -1.38. The van der Waals surface area contributed by atoms with Gasteiger partial charge in [-0.3, -0.25) is 67.1 Å². The highest BCUT2D eigenvalue weighted by Gasteiger charge is 2.68. The summed E-state index contributed by atoms with van der Waals surface area (Å²) in [7, 11) is -4.67. The van der Waals surface area contributed by atoms with E-state index in [0.29, 0.717) is 65.2 Å². The fourth-order valence-electron chi connectivity index (χ4n) is 10.5. The van der Waals surface area contributed by atoms with Gasteiger partial charge in [-0.15, -0.1) is 0 Å². The molecule has 464 valence electrons. The first-order valence-corrected chi connectivity index (χ1v) is 29.9. The Hall–Kier alpha value is -7.27. The third kappa shape index (κ3) is 19.4. The standard InChI is InChI=1S/2C29H38N4O7.H2O4S/c2*1-20(2)19-22(27(37)32-17-15-31(16-18-32)13-6-9-21-7-4-3-5-8-21)30-26(36)25-29(40-25,28(38)39)12-14-33-23(34)10-11-24(33)35;1-5(2,3)4/h2*3-9,20,22,25H,10-19H2,1-2H3,(H,30,36)(H,38,39);(H2,1,2,3,4)/t2*22-,25-,29+;/m00./s1. The number of carbonyl (C=O) groups is 10. The molecular weight excluding hydrogens is 1130 g/mol. The summed E-state index contributed by atoms with van der Waals surface area (Å²) in [6, 6.07) is 18.5. The van der Waals surface area contributed by atoms with Gasteiger partial charge < -0.3 is 40.1 Å². The van der Waals surface area contributed by atoms with Crippen molar-refractivity contribution < 1.29 is 85.2 Å². The number of hydrogen-bond acceptors (Lipinski definition) is 16. The number of amides is 8. The van der Waals surface area contributed by atoms with Crippen LogP contribution in [0.25, 0.3) is 12.2 Å². The minimum atomic E-state index is -4.67.